The normalized spacial score (nSPS) is 24.2. The van der Waals surface area contributed by atoms with E-state index >= 15 is 0 Å². The molecule has 0 radical (unpaired) electrons. The van der Waals surface area contributed by atoms with Crippen molar-refractivity contribution >= 4 is 10.4 Å². The van der Waals surface area contributed by atoms with Gasteiger partial charge in [0.25, 0.3) is 0 Å². The van der Waals surface area contributed by atoms with Crippen molar-refractivity contribution < 1.29 is 0 Å². The van der Waals surface area contributed by atoms with Crippen LogP contribution in [-0.4, -0.2) is 41.0 Å². The van der Waals surface area contributed by atoms with Crippen LogP contribution < -0.4 is 0 Å². The summed E-state index contributed by atoms with van der Waals surface area (Å²) in [4.78, 5) is 0. The zero-order valence-electron chi connectivity index (χ0n) is 13.8. The molecule has 0 aromatic rings. The standard InChI is InChI=1S/C17H34N2S/c1-5-20(4,18(2)16-12-8-6-9-13-16)19(3)17-14-10-7-11-15-17/h5,16-17H,1,6-15H2,2-4H3. The smallest absolute Gasteiger partial charge is 0.0198 e. The van der Waals surface area contributed by atoms with Crippen LogP contribution in [0.5, 0.6) is 0 Å². The van der Waals surface area contributed by atoms with Gasteiger partial charge in [-0.15, -0.1) is 10.4 Å². The second kappa shape index (κ2) is 7.33. The van der Waals surface area contributed by atoms with Crippen molar-refractivity contribution in [3.63, 3.8) is 0 Å². The van der Waals surface area contributed by atoms with Crippen molar-refractivity contribution in [1.29, 1.82) is 0 Å². The van der Waals surface area contributed by atoms with E-state index in [-0.39, 0.29) is 0 Å². The molecule has 2 aliphatic carbocycles. The molecule has 0 aromatic carbocycles. The Morgan fingerprint density at radius 3 is 1.45 bits per heavy atom. The summed E-state index contributed by atoms with van der Waals surface area (Å²) < 4.78 is 5.38. The van der Waals surface area contributed by atoms with Crippen LogP contribution in [0.4, 0.5) is 0 Å². The monoisotopic (exact) mass is 298 g/mol. The van der Waals surface area contributed by atoms with Crippen molar-refractivity contribution in [2.45, 2.75) is 76.3 Å². The highest BCUT2D eigenvalue weighted by Gasteiger charge is 2.34. The van der Waals surface area contributed by atoms with Crippen molar-refractivity contribution in [1.82, 2.24) is 8.61 Å². The van der Waals surface area contributed by atoms with Gasteiger partial charge in [0.2, 0.25) is 0 Å². The van der Waals surface area contributed by atoms with E-state index in [1.54, 1.807) is 0 Å². The minimum Gasteiger partial charge on any atom is -0.253 e. The van der Waals surface area contributed by atoms with Gasteiger partial charge in [-0.2, -0.15) is 0 Å². The van der Waals surface area contributed by atoms with E-state index in [4.69, 9.17) is 0 Å². The zero-order chi connectivity index (χ0) is 14.6. The van der Waals surface area contributed by atoms with Gasteiger partial charge >= 0.3 is 0 Å². The topological polar surface area (TPSA) is 6.48 Å². The minimum atomic E-state index is -1.00. The Balaban J connectivity index is 2.07. The van der Waals surface area contributed by atoms with Gasteiger partial charge < -0.3 is 0 Å². The molecular weight excluding hydrogens is 264 g/mol. The highest BCUT2D eigenvalue weighted by molar-refractivity contribution is 8.31. The van der Waals surface area contributed by atoms with Gasteiger partial charge in [-0.3, -0.25) is 8.61 Å². The Morgan fingerprint density at radius 1 is 0.800 bits per heavy atom. The molecule has 0 saturated heterocycles. The quantitative estimate of drug-likeness (QED) is 0.710. The lowest BCUT2D eigenvalue weighted by molar-refractivity contribution is 0.261. The third kappa shape index (κ3) is 3.42. The van der Waals surface area contributed by atoms with Crippen molar-refractivity contribution in [3.8, 4) is 0 Å². The third-order valence-corrected chi connectivity index (χ3v) is 9.22. The Bertz CT molecular complexity index is 282. The van der Waals surface area contributed by atoms with Gasteiger partial charge in [0.1, 0.15) is 0 Å². The summed E-state index contributed by atoms with van der Waals surface area (Å²) in [5.74, 6) is 0. The highest BCUT2D eigenvalue weighted by Crippen LogP contribution is 2.55. The maximum atomic E-state index is 4.22. The number of nitrogens with zero attached hydrogens (tertiary/aromatic N) is 2. The molecule has 0 unspecified atom stereocenters. The Labute approximate surface area is 128 Å². The Kier molecular flexibility index (Phi) is 6.00. The van der Waals surface area contributed by atoms with Crippen LogP contribution in [0.1, 0.15) is 64.2 Å². The number of hydrogen-bond donors (Lipinski definition) is 0. The summed E-state index contributed by atoms with van der Waals surface area (Å²) in [5, 5.41) is 2.26. The Hall–Kier alpha value is 0.01000. The van der Waals surface area contributed by atoms with Crippen LogP contribution in [0.15, 0.2) is 12.0 Å². The average Bonchev–Trinajstić information content (AvgIpc) is 2.54. The van der Waals surface area contributed by atoms with Crippen molar-refractivity contribution in [2.75, 3.05) is 20.4 Å². The predicted octanol–water partition coefficient (Wildman–Crippen LogP) is 4.92. The van der Waals surface area contributed by atoms with Crippen LogP contribution in [0.25, 0.3) is 0 Å². The van der Waals surface area contributed by atoms with E-state index in [2.05, 4.69) is 40.9 Å². The molecule has 0 bridgehead atoms. The van der Waals surface area contributed by atoms with Crippen LogP contribution in [-0.2, 0) is 0 Å². The minimum absolute atomic E-state index is 0.771. The second-order valence-electron chi connectivity index (χ2n) is 6.74. The molecule has 0 aliphatic heterocycles. The predicted molar refractivity (Wildman–Crippen MR) is 93.0 cm³/mol. The summed E-state index contributed by atoms with van der Waals surface area (Å²) in [6.45, 7) is 4.22. The third-order valence-electron chi connectivity index (χ3n) is 5.66. The lowest BCUT2D eigenvalue weighted by Crippen LogP contribution is -2.45. The summed E-state index contributed by atoms with van der Waals surface area (Å²) in [5.41, 5.74) is 0. The second-order valence-corrected chi connectivity index (χ2v) is 10.0. The number of rotatable bonds is 5. The molecule has 20 heavy (non-hydrogen) atoms. The molecule has 0 N–H and O–H groups in total. The number of hydrogen-bond acceptors (Lipinski definition) is 2. The van der Waals surface area contributed by atoms with Gasteiger partial charge in [0, 0.05) is 12.1 Å². The van der Waals surface area contributed by atoms with E-state index in [0.717, 1.165) is 12.1 Å². The first-order valence-electron chi connectivity index (χ1n) is 8.46. The Morgan fingerprint density at radius 2 is 1.15 bits per heavy atom. The summed E-state index contributed by atoms with van der Waals surface area (Å²) in [7, 11) is 3.70. The molecule has 3 heteroatoms. The van der Waals surface area contributed by atoms with E-state index in [9.17, 15) is 0 Å². The SMILES string of the molecule is C=CS(C)(N(C)C1CCCCC1)N(C)C1CCCCC1. The van der Waals surface area contributed by atoms with Crippen molar-refractivity contribution in [3.05, 3.63) is 12.0 Å². The fourth-order valence-electron chi connectivity index (χ4n) is 3.93. The molecular formula is C17H34N2S. The van der Waals surface area contributed by atoms with E-state index in [1.807, 2.05) is 0 Å². The first-order valence-corrected chi connectivity index (χ1v) is 10.5. The first kappa shape index (κ1) is 16.4. The molecule has 118 valence electrons. The summed E-state index contributed by atoms with van der Waals surface area (Å²) in [6, 6.07) is 1.54. The lowest BCUT2D eigenvalue weighted by Gasteiger charge is -2.54. The molecule has 0 spiro atoms. The fraction of sp³-hybridized carbons (Fsp3) is 0.882. The first-order chi connectivity index (χ1) is 9.59. The highest BCUT2D eigenvalue weighted by atomic mass is 32.3. The van der Waals surface area contributed by atoms with Crippen LogP contribution in [0, 0.1) is 0 Å². The summed E-state index contributed by atoms with van der Waals surface area (Å²) >= 11 is 0. The van der Waals surface area contributed by atoms with Crippen LogP contribution in [0.3, 0.4) is 0 Å². The van der Waals surface area contributed by atoms with Gasteiger partial charge in [-0.05, 0) is 51.4 Å². The van der Waals surface area contributed by atoms with E-state index in [1.165, 1.54) is 64.2 Å². The maximum absolute atomic E-state index is 4.22. The largest absolute Gasteiger partial charge is 0.253 e. The van der Waals surface area contributed by atoms with Crippen LogP contribution in [0.2, 0.25) is 0 Å². The molecule has 2 saturated carbocycles. The molecule has 0 heterocycles. The molecule has 2 fully saturated rings. The van der Waals surface area contributed by atoms with Crippen LogP contribution >= 0.6 is 10.4 Å². The fourth-order valence-corrected chi connectivity index (χ4v) is 6.44. The van der Waals surface area contributed by atoms with Gasteiger partial charge in [0.05, 0.1) is 0 Å². The molecule has 0 atom stereocenters. The summed E-state index contributed by atoms with van der Waals surface area (Å²) in [6.07, 6.45) is 16.5. The average molecular weight is 299 g/mol. The van der Waals surface area contributed by atoms with Gasteiger partial charge in [0.15, 0.2) is 0 Å². The molecule has 0 amide bonds. The van der Waals surface area contributed by atoms with Gasteiger partial charge in [-0.1, -0.05) is 45.1 Å². The molecule has 0 aromatic heterocycles. The lowest BCUT2D eigenvalue weighted by atomic mass is 9.96. The molecule has 2 rings (SSSR count). The maximum Gasteiger partial charge on any atom is 0.0198 e. The van der Waals surface area contributed by atoms with Crippen molar-refractivity contribution in [2.24, 2.45) is 0 Å². The van der Waals surface area contributed by atoms with E-state index < -0.39 is 10.4 Å². The van der Waals surface area contributed by atoms with Gasteiger partial charge in [-0.25, -0.2) is 0 Å². The molecule has 2 nitrogen and oxygen atoms in total. The van der Waals surface area contributed by atoms with E-state index in [0.29, 0.717) is 0 Å². The zero-order valence-corrected chi connectivity index (χ0v) is 14.6. The molecule has 2 aliphatic rings.